The number of nitrogens with one attached hydrogen (secondary N) is 1. The van der Waals surface area contributed by atoms with Crippen LogP contribution in [0, 0.1) is 0 Å². The number of likely N-dealkylation sites (N-methyl/N-ethyl adjacent to an activating group) is 1. The van der Waals surface area contributed by atoms with Gasteiger partial charge in [-0.25, -0.2) is 0 Å². The minimum absolute atomic E-state index is 0.218. The Balaban J connectivity index is 1.82. The molecule has 3 nitrogen and oxygen atoms in total. The van der Waals surface area contributed by atoms with Crippen LogP contribution in [-0.4, -0.2) is 26.2 Å². The third kappa shape index (κ3) is 3.92. The highest BCUT2D eigenvalue weighted by Gasteiger charge is 2.27. The fourth-order valence-electron chi connectivity index (χ4n) is 3.39. The molecule has 3 rings (SSSR count). The second kappa shape index (κ2) is 7.62. The van der Waals surface area contributed by atoms with E-state index >= 15 is 0 Å². The van der Waals surface area contributed by atoms with Crippen molar-refractivity contribution in [3.05, 3.63) is 65.2 Å². The van der Waals surface area contributed by atoms with Gasteiger partial charge in [-0.2, -0.15) is 0 Å². The van der Waals surface area contributed by atoms with Crippen LogP contribution < -0.4 is 15.8 Å². The second-order valence-corrected chi connectivity index (χ2v) is 6.31. The molecule has 0 aliphatic heterocycles. The average molecular weight is 310 g/mol. The van der Waals surface area contributed by atoms with E-state index in [9.17, 15) is 0 Å². The van der Waals surface area contributed by atoms with Crippen LogP contribution in [0.4, 0.5) is 0 Å². The highest BCUT2D eigenvalue weighted by Crippen LogP contribution is 2.35. The van der Waals surface area contributed by atoms with Gasteiger partial charge in [-0.05, 0) is 55.1 Å². The molecule has 3 N–H and O–H groups in total. The fourth-order valence-corrected chi connectivity index (χ4v) is 3.39. The SMILES string of the molecule is CNCCOc1ccc2c(c1)C(Cc1ccccc1)C(N)CC2. The minimum Gasteiger partial charge on any atom is -0.492 e. The van der Waals surface area contributed by atoms with Crippen LogP contribution in [0.5, 0.6) is 5.75 Å². The zero-order chi connectivity index (χ0) is 16.1. The highest BCUT2D eigenvalue weighted by molar-refractivity contribution is 5.41. The van der Waals surface area contributed by atoms with Crippen LogP contribution in [-0.2, 0) is 12.8 Å². The van der Waals surface area contributed by atoms with E-state index in [-0.39, 0.29) is 6.04 Å². The average Bonchev–Trinajstić information content (AvgIpc) is 2.59. The van der Waals surface area contributed by atoms with E-state index in [1.807, 2.05) is 7.05 Å². The van der Waals surface area contributed by atoms with Crippen molar-refractivity contribution < 1.29 is 4.74 Å². The number of rotatable bonds is 6. The number of aryl methyl sites for hydroxylation is 1. The molecule has 0 saturated carbocycles. The summed E-state index contributed by atoms with van der Waals surface area (Å²) in [7, 11) is 1.94. The normalized spacial score (nSPS) is 20.1. The van der Waals surface area contributed by atoms with Crippen molar-refractivity contribution in [1.82, 2.24) is 5.32 Å². The van der Waals surface area contributed by atoms with Crippen LogP contribution in [0.2, 0.25) is 0 Å². The predicted molar refractivity (Wildman–Crippen MR) is 95.0 cm³/mol. The van der Waals surface area contributed by atoms with Gasteiger partial charge >= 0.3 is 0 Å². The lowest BCUT2D eigenvalue weighted by atomic mass is 9.76. The molecular formula is C20H26N2O. The summed E-state index contributed by atoms with van der Waals surface area (Å²) in [6, 6.07) is 17.4. The van der Waals surface area contributed by atoms with E-state index in [2.05, 4.69) is 53.8 Å². The molecular weight excluding hydrogens is 284 g/mol. The van der Waals surface area contributed by atoms with Gasteiger partial charge in [0, 0.05) is 18.5 Å². The standard InChI is InChI=1S/C20H26N2O/c1-22-11-12-23-17-9-7-16-8-10-20(21)19(18(16)14-17)13-15-5-3-2-4-6-15/h2-7,9,14,19-20,22H,8,10-13,21H2,1H3. The number of hydrogen-bond acceptors (Lipinski definition) is 3. The number of fused-ring (bicyclic) bond motifs is 1. The maximum absolute atomic E-state index is 6.46. The molecule has 1 aliphatic rings. The third-order valence-electron chi connectivity index (χ3n) is 4.70. The predicted octanol–water partition coefficient (Wildman–Crippen LogP) is 2.88. The summed E-state index contributed by atoms with van der Waals surface area (Å²) >= 11 is 0. The van der Waals surface area contributed by atoms with E-state index in [1.165, 1.54) is 16.7 Å². The molecule has 0 radical (unpaired) electrons. The zero-order valence-corrected chi connectivity index (χ0v) is 13.8. The van der Waals surface area contributed by atoms with Crippen molar-refractivity contribution in [2.45, 2.75) is 31.2 Å². The summed E-state index contributed by atoms with van der Waals surface area (Å²) in [4.78, 5) is 0. The van der Waals surface area contributed by atoms with Gasteiger partial charge in [0.05, 0.1) is 0 Å². The lowest BCUT2D eigenvalue weighted by molar-refractivity contribution is 0.317. The van der Waals surface area contributed by atoms with Gasteiger partial charge in [0.2, 0.25) is 0 Å². The molecule has 23 heavy (non-hydrogen) atoms. The summed E-state index contributed by atoms with van der Waals surface area (Å²) in [6.45, 7) is 1.54. The van der Waals surface area contributed by atoms with E-state index in [0.717, 1.165) is 31.6 Å². The first kappa shape index (κ1) is 16.0. The van der Waals surface area contributed by atoms with Crippen molar-refractivity contribution in [1.29, 1.82) is 0 Å². The van der Waals surface area contributed by atoms with Crippen LogP contribution in [0.15, 0.2) is 48.5 Å². The maximum Gasteiger partial charge on any atom is 0.119 e. The van der Waals surface area contributed by atoms with Gasteiger partial charge in [-0.3, -0.25) is 0 Å². The van der Waals surface area contributed by atoms with Crippen LogP contribution in [0.3, 0.4) is 0 Å². The molecule has 1 aliphatic carbocycles. The lowest BCUT2D eigenvalue weighted by Crippen LogP contribution is -2.34. The molecule has 2 unspecified atom stereocenters. The second-order valence-electron chi connectivity index (χ2n) is 6.31. The molecule has 0 amide bonds. The molecule has 0 spiro atoms. The molecule has 122 valence electrons. The van der Waals surface area contributed by atoms with Crippen molar-refractivity contribution in [2.75, 3.05) is 20.2 Å². The van der Waals surface area contributed by atoms with Gasteiger partial charge < -0.3 is 15.8 Å². The van der Waals surface area contributed by atoms with Gasteiger partial charge in [-0.1, -0.05) is 36.4 Å². The van der Waals surface area contributed by atoms with Crippen molar-refractivity contribution in [3.8, 4) is 5.75 Å². The first-order chi connectivity index (χ1) is 11.3. The number of nitrogens with two attached hydrogens (primary N) is 1. The highest BCUT2D eigenvalue weighted by atomic mass is 16.5. The quantitative estimate of drug-likeness (QED) is 0.807. The smallest absolute Gasteiger partial charge is 0.119 e. The molecule has 0 fully saturated rings. The van der Waals surface area contributed by atoms with E-state index < -0.39 is 0 Å². The molecule has 0 heterocycles. The number of benzene rings is 2. The molecule has 0 aromatic heterocycles. The Kier molecular flexibility index (Phi) is 5.31. The molecule has 2 atom stereocenters. The monoisotopic (exact) mass is 310 g/mol. The van der Waals surface area contributed by atoms with E-state index in [1.54, 1.807) is 0 Å². The molecule has 2 aromatic carbocycles. The molecule has 0 bridgehead atoms. The summed E-state index contributed by atoms with van der Waals surface area (Å²) in [5.41, 5.74) is 10.6. The van der Waals surface area contributed by atoms with Crippen molar-refractivity contribution in [3.63, 3.8) is 0 Å². The summed E-state index contributed by atoms with van der Waals surface area (Å²) in [5.74, 6) is 1.32. The van der Waals surface area contributed by atoms with E-state index in [4.69, 9.17) is 10.5 Å². The summed E-state index contributed by atoms with van der Waals surface area (Å²) in [6.07, 6.45) is 3.12. The van der Waals surface area contributed by atoms with Gasteiger partial charge in [-0.15, -0.1) is 0 Å². The Morgan fingerprint density at radius 3 is 2.78 bits per heavy atom. The van der Waals surface area contributed by atoms with Crippen molar-refractivity contribution >= 4 is 0 Å². The number of hydrogen-bond donors (Lipinski definition) is 2. The number of ether oxygens (including phenoxy) is 1. The van der Waals surface area contributed by atoms with Gasteiger partial charge in [0.25, 0.3) is 0 Å². The lowest BCUT2D eigenvalue weighted by Gasteiger charge is -2.32. The summed E-state index contributed by atoms with van der Waals surface area (Å²) < 4.78 is 5.84. The van der Waals surface area contributed by atoms with Gasteiger partial charge in [0.15, 0.2) is 0 Å². The minimum atomic E-state index is 0.218. The van der Waals surface area contributed by atoms with Crippen molar-refractivity contribution in [2.24, 2.45) is 5.73 Å². The molecule has 3 heteroatoms. The Hall–Kier alpha value is -1.84. The first-order valence-corrected chi connectivity index (χ1v) is 8.47. The van der Waals surface area contributed by atoms with Gasteiger partial charge in [0.1, 0.15) is 12.4 Å². The topological polar surface area (TPSA) is 47.3 Å². The maximum atomic E-state index is 6.46. The third-order valence-corrected chi connectivity index (χ3v) is 4.70. The Morgan fingerprint density at radius 1 is 1.17 bits per heavy atom. The zero-order valence-electron chi connectivity index (χ0n) is 13.8. The Morgan fingerprint density at radius 2 is 2.00 bits per heavy atom. The van der Waals surface area contributed by atoms with E-state index in [0.29, 0.717) is 12.5 Å². The summed E-state index contributed by atoms with van der Waals surface area (Å²) in [5, 5.41) is 3.10. The Labute approximate surface area is 138 Å². The molecule has 2 aromatic rings. The van der Waals surface area contributed by atoms with Crippen LogP contribution in [0.1, 0.15) is 29.0 Å². The fraction of sp³-hybridized carbons (Fsp3) is 0.400. The Bertz CT molecular complexity index is 627. The van der Waals surface area contributed by atoms with Crippen LogP contribution >= 0.6 is 0 Å². The largest absolute Gasteiger partial charge is 0.492 e. The molecule has 0 saturated heterocycles. The first-order valence-electron chi connectivity index (χ1n) is 8.47. The van der Waals surface area contributed by atoms with Crippen LogP contribution in [0.25, 0.3) is 0 Å².